The Morgan fingerprint density at radius 1 is 0.800 bits per heavy atom. The molecule has 0 saturated heterocycles. The summed E-state index contributed by atoms with van der Waals surface area (Å²) < 4.78 is 11.1. The van der Waals surface area contributed by atoms with Crippen LogP contribution in [0.4, 0.5) is 0 Å². The van der Waals surface area contributed by atoms with E-state index < -0.39 is 35.3 Å². The molecule has 0 heterocycles. The molecular formula is C34H29ClO5. The van der Waals surface area contributed by atoms with Crippen molar-refractivity contribution in [3.8, 4) is 5.75 Å². The number of methoxy groups -OCH3 is 1. The number of rotatable bonds is 6. The first-order chi connectivity index (χ1) is 19.3. The summed E-state index contributed by atoms with van der Waals surface area (Å²) in [6.07, 6.45) is 1.74. The number of aryl methyl sites for hydroxylation is 1. The number of hydrogen-bond donors (Lipinski definition) is 1. The summed E-state index contributed by atoms with van der Waals surface area (Å²) in [4.78, 5) is 27.7. The van der Waals surface area contributed by atoms with Crippen LogP contribution in [0.1, 0.15) is 28.2 Å². The van der Waals surface area contributed by atoms with Gasteiger partial charge in [-0.1, -0.05) is 108 Å². The van der Waals surface area contributed by atoms with Gasteiger partial charge in [-0.25, -0.2) is 0 Å². The van der Waals surface area contributed by atoms with Crippen LogP contribution in [0.25, 0.3) is 5.57 Å². The van der Waals surface area contributed by atoms with Crippen LogP contribution in [0.3, 0.4) is 0 Å². The van der Waals surface area contributed by atoms with Gasteiger partial charge in [-0.05, 0) is 53.5 Å². The molecule has 4 aromatic rings. The smallest absolute Gasteiger partial charge is 0.321 e. The van der Waals surface area contributed by atoms with Gasteiger partial charge in [0, 0.05) is 10.9 Å². The summed E-state index contributed by atoms with van der Waals surface area (Å²) in [6, 6.07) is 32.5. The SMILES string of the molecule is COC(=O)[C@H]1[C@H](c2ccccc2)C(c2ccc(C)cc2)=C[C@H](C(=O)Oc2ccccc2)[C@]1(O)c1ccc(Cl)cc1. The van der Waals surface area contributed by atoms with Gasteiger partial charge in [0.2, 0.25) is 0 Å². The van der Waals surface area contributed by atoms with Crippen LogP contribution < -0.4 is 4.74 Å². The molecule has 4 aromatic carbocycles. The molecular weight excluding hydrogens is 524 g/mol. The Morgan fingerprint density at radius 2 is 1.40 bits per heavy atom. The van der Waals surface area contributed by atoms with Crippen LogP contribution in [-0.2, 0) is 19.9 Å². The number of benzene rings is 4. The normalized spacial score (nSPS) is 22.2. The van der Waals surface area contributed by atoms with Gasteiger partial charge in [0.25, 0.3) is 0 Å². The highest BCUT2D eigenvalue weighted by molar-refractivity contribution is 6.30. The fourth-order valence-corrected chi connectivity index (χ4v) is 5.65. The second-order valence-electron chi connectivity index (χ2n) is 9.92. The summed E-state index contributed by atoms with van der Waals surface area (Å²) >= 11 is 6.19. The number of ether oxygens (including phenoxy) is 2. The lowest BCUT2D eigenvalue weighted by Gasteiger charge is -2.47. The first kappa shape index (κ1) is 27.4. The molecule has 5 rings (SSSR count). The average molecular weight is 553 g/mol. The van der Waals surface area contributed by atoms with Crippen molar-refractivity contribution in [1.82, 2.24) is 0 Å². The van der Waals surface area contributed by atoms with Crippen molar-refractivity contribution in [3.63, 3.8) is 0 Å². The van der Waals surface area contributed by atoms with Crippen LogP contribution in [0.15, 0.2) is 115 Å². The summed E-state index contributed by atoms with van der Waals surface area (Å²) in [6.45, 7) is 1.99. The molecule has 5 nitrogen and oxygen atoms in total. The number of aliphatic hydroxyl groups is 1. The Morgan fingerprint density at radius 3 is 2.00 bits per heavy atom. The number of carbonyl (C=O) groups is 2. The summed E-state index contributed by atoms with van der Waals surface area (Å²) in [5.74, 6) is -4.12. The monoisotopic (exact) mass is 552 g/mol. The molecule has 0 saturated carbocycles. The molecule has 1 N–H and O–H groups in total. The van der Waals surface area contributed by atoms with E-state index in [0.29, 0.717) is 16.3 Å². The molecule has 6 heteroatoms. The predicted molar refractivity (Wildman–Crippen MR) is 155 cm³/mol. The van der Waals surface area contributed by atoms with Crippen molar-refractivity contribution in [2.75, 3.05) is 7.11 Å². The Hall–Kier alpha value is -4.19. The van der Waals surface area contributed by atoms with Gasteiger partial charge in [-0.15, -0.1) is 0 Å². The fraction of sp³-hybridized carbons (Fsp3) is 0.176. The molecule has 0 unspecified atom stereocenters. The van der Waals surface area contributed by atoms with Gasteiger partial charge < -0.3 is 14.6 Å². The Labute approximate surface area is 238 Å². The van der Waals surface area contributed by atoms with Crippen molar-refractivity contribution in [2.24, 2.45) is 11.8 Å². The van der Waals surface area contributed by atoms with E-state index in [2.05, 4.69) is 0 Å². The maximum atomic E-state index is 13.9. The minimum atomic E-state index is -2.03. The molecule has 202 valence electrons. The van der Waals surface area contributed by atoms with Gasteiger partial charge in [-0.2, -0.15) is 0 Å². The number of esters is 2. The molecule has 0 amide bonds. The molecule has 0 fully saturated rings. The molecule has 0 radical (unpaired) electrons. The highest BCUT2D eigenvalue weighted by Gasteiger charge is 2.59. The van der Waals surface area contributed by atoms with E-state index in [1.54, 1.807) is 54.6 Å². The third kappa shape index (κ3) is 5.18. The molecule has 1 aliphatic rings. The molecule has 0 spiro atoms. The van der Waals surface area contributed by atoms with E-state index >= 15 is 0 Å². The maximum Gasteiger partial charge on any atom is 0.321 e. The molecule has 4 atom stereocenters. The zero-order chi connectivity index (χ0) is 28.3. The Kier molecular flexibility index (Phi) is 7.88. The van der Waals surface area contributed by atoms with Crippen LogP contribution in [-0.4, -0.2) is 24.2 Å². The topological polar surface area (TPSA) is 72.8 Å². The van der Waals surface area contributed by atoms with Crippen LogP contribution >= 0.6 is 11.6 Å². The summed E-state index contributed by atoms with van der Waals surface area (Å²) in [5.41, 5.74) is 1.73. The molecule has 1 aliphatic carbocycles. The molecule has 0 aromatic heterocycles. The lowest BCUT2D eigenvalue weighted by atomic mass is 9.59. The van der Waals surface area contributed by atoms with Crippen molar-refractivity contribution in [1.29, 1.82) is 0 Å². The first-order valence-electron chi connectivity index (χ1n) is 13.0. The van der Waals surface area contributed by atoms with E-state index in [1.807, 2.05) is 67.6 Å². The lowest BCUT2D eigenvalue weighted by molar-refractivity contribution is -0.169. The predicted octanol–water partition coefficient (Wildman–Crippen LogP) is 6.73. The largest absolute Gasteiger partial charge is 0.469 e. The second kappa shape index (κ2) is 11.5. The van der Waals surface area contributed by atoms with E-state index in [0.717, 1.165) is 22.3 Å². The van der Waals surface area contributed by atoms with Crippen LogP contribution in [0.5, 0.6) is 5.75 Å². The second-order valence-corrected chi connectivity index (χ2v) is 10.4. The van der Waals surface area contributed by atoms with Gasteiger partial charge in [-0.3, -0.25) is 9.59 Å². The number of hydrogen-bond acceptors (Lipinski definition) is 5. The lowest BCUT2D eigenvalue weighted by Crippen LogP contribution is -2.54. The fourth-order valence-electron chi connectivity index (χ4n) is 5.53. The van der Waals surface area contributed by atoms with E-state index in [4.69, 9.17) is 21.1 Å². The average Bonchev–Trinajstić information content (AvgIpc) is 2.98. The van der Waals surface area contributed by atoms with E-state index in [-0.39, 0.29) is 0 Å². The zero-order valence-corrected chi connectivity index (χ0v) is 22.9. The third-order valence-electron chi connectivity index (χ3n) is 7.48. The minimum Gasteiger partial charge on any atom is -0.469 e. The van der Waals surface area contributed by atoms with Crippen molar-refractivity contribution in [3.05, 3.63) is 143 Å². The standard InChI is InChI=1S/C34H29ClO5/c1-22-13-15-23(16-14-22)28-21-29(32(36)40-27-11-7-4-8-12-27)34(38,25-17-19-26(35)20-18-25)31(33(37)39-2)30(28)24-9-5-3-6-10-24/h3-21,29-31,38H,1-2H3/t29-,30-,31-,34-/m1/s1. The van der Waals surface area contributed by atoms with E-state index in [9.17, 15) is 14.7 Å². The van der Waals surface area contributed by atoms with Gasteiger partial charge >= 0.3 is 11.9 Å². The Bertz CT molecular complexity index is 1510. The number of carbonyl (C=O) groups excluding carboxylic acids is 2. The Balaban J connectivity index is 1.80. The third-order valence-corrected chi connectivity index (χ3v) is 7.74. The number of allylic oxidation sites excluding steroid dienone is 1. The van der Waals surface area contributed by atoms with Gasteiger partial charge in [0.05, 0.1) is 7.11 Å². The van der Waals surface area contributed by atoms with Crippen molar-refractivity contribution in [2.45, 2.75) is 18.4 Å². The minimum absolute atomic E-state index is 0.330. The molecule has 40 heavy (non-hydrogen) atoms. The quantitative estimate of drug-likeness (QED) is 0.212. The zero-order valence-electron chi connectivity index (χ0n) is 22.2. The van der Waals surface area contributed by atoms with Crippen LogP contribution in [0, 0.1) is 18.8 Å². The van der Waals surface area contributed by atoms with Gasteiger partial charge in [0.15, 0.2) is 0 Å². The van der Waals surface area contributed by atoms with Crippen molar-refractivity contribution < 1.29 is 24.2 Å². The number of para-hydroxylation sites is 1. The van der Waals surface area contributed by atoms with Crippen molar-refractivity contribution >= 4 is 29.1 Å². The number of halogens is 1. The molecule has 0 aliphatic heterocycles. The maximum absolute atomic E-state index is 13.9. The van der Waals surface area contributed by atoms with Gasteiger partial charge in [0.1, 0.15) is 23.2 Å². The summed E-state index contributed by atoms with van der Waals surface area (Å²) in [5, 5.41) is 13.2. The highest BCUT2D eigenvalue weighted by atomic mass is 35.5. The first-order valence-corrected chi connectivity index (χ1v) is 13.4. The summed E-state index contributed by atoms with van der Waals surface area (Å²) in [7, 11) is 1.29. The highest BCUT2D eigenvalue weighted by Crippen LogP contribution is 2.55. The van der Waals surface area contributed by atoms with E-state index in [1.165, 1.54) is 7.11 Å². The molecule has 0 bridgehead atoms. The van der Waals surface area contributed by atoms with Crippen LogP contribution in [0.2, 0.25) is 5.02 Å².